The lowest BCUT2D eigenvalue weighted by Gasteiger charge is -2.27. The molecule has 3 rings (SSSR count). The Balaban J connectivity index is 2.28. The van der Waals surface area contributed by atoms with E-state index in [4.69, 9.17) is 5.41 Å². The van der Waals surface area contributed by atoms with E-state index in [0.29, 0.717) is 0 Å². The van der Waals surface area contributed by atoms with Gasteiger partial charge in [-0.15, -0.1) is 0 Å². The third-order valence-corrected chi connectivity index (χ3v) is 5.21. The first-order chi connectivity index (χ1) is 10.2. The molecule has 0 aromatic heterocycles. The standard InChI is InChI=1S/C14H8BrNO5S/c15-8-5-9(22(19,20)21)12(16)11-10(8)13(17)6-3-1-2-4-7(6)14(11)18/h1-5,9,16H,(H,19,20,21). The van der Waals surface area contributed by atoms with E-state index in [-0.39, 0.29) is 26.8 Å². The van der Waals surface area contributed by atoms with Crippen LogP contribution in [0.25, 0.3) is 0 Å². The number of hydrogen-bond acceptors (Lipinski definition) is 5. The number of rotatable bonds is 1. The van der Waals surface area contributed by atoms with Crippen LogP contribution in [0.3, 0.4) is 0 Å². The van der Waals surface area contributed by atoms with Gasteiger partial charge in [-0.1, -0.05) is 40.2 Å². The SMILES string of the molecule is N=C1C2=C(C(=O)c3ccccc3C2=O)C(Br)=CC1S(=O)(=O)O. The molecule has 0 bridgehead atoms. The molecule has 0 saturated carbocycles. The number of ketones is 2. The molecule has 0 radical (unpaired) electrons. The van der Waals surface area contributed by atoms with Gasteiger partial charge in [0.1, 0.15) is 5.25 Å². The molecular formula is C14H8BrNO5S. The number of nitrogens with one attached hydrogen (secondary N) is 1. The number of allylic oxidation sites excluding steroid dienone is 3. The van der Waals surface area contributed by atoms with Crippen molar-refractivity contribution in [3.8, 4) is 0 Å². The summed E-state index contributed by atoms with van der Waals surface area (Å²) in [5, 5.41) is 6.26. The molecule has 8 heteroatoms. The van der Waals surface area contributed by atoms with E-state index in [1.54, 1.807) is 12.1 Å². The zero-order chi connectivity index (χ0) is 16.2. The Labute approximate surface area is 133 Å². The molecule has 0 heterocycles. The third kappa shape index (κ3) is 2.03. The van der Waals surface area contributed by atoms with Gasteiger partial charge in [-0.05, 0) is 6.08 Å². The maximum Gasteiger partial charge on any atom is 0.277 e. The van der Waals surface area contributed by atoms with Gasteiger partial charge in [0.05, 0.1) is 11.3 Å². The molecule has 2 aliphatic carbocycles. The van der Waals surface area contributed by atoms with Crippen LogP contribution in [0, 0.1) is 5.41 Å². The summed E-state index contributed by atoms with van der Waals surface area (Å²) in [6, 6.07) is 6.13. The van der Waals surface area contributed by atoms with Gasteiger partial charge >= 0.3 is 0 Å². The molecular weight excluding hydrogens is 374 g/mol. The normalized spacial score (nSPS) is 21.5. The van der Waals surface area contributed by atoms with Crippen LogP contribution in [-0.4, -0.2) is 35.5 Å². The molecule has 0 aliphatic heterocycles. The fraction of sp³-hybridized carbons (Fsp3) is 0.0714. The van der Waals surface area contributed by atoms with Crippen molar-refractivity contribution in [3.05, 3.63) is 57.1 Å². The van der Waals surface area contributed by atoms with Gasteiger partial charge in [-0.25, -0.2) is 0 Å². The first-order valence-corrected chi connectivity index (χ1v) is 8.38. The average molecular weight is 382 g/mol. The number of carbonyl (C=O) groups excluding carboxylic acids is 2. The van der Waals surface area contributed by atoms with Gasteiger partial charge in [-0.2, -0.15) is 8.42 Å². The largest absolute Gasteiger partial charge is 0.303 e. The monoisotopic (exact) mass is 381 g/mol. The van der Waals surface area contributed by atoms with E-state index >= 15 is 0 Å². The van der Waals surface area contributed by atoms with Crippen molar-refractivity contribution in [1.82, 2.24) is 0 Å². The van der Waals surface area contributed by atoms with E-state index in [1.807, 2.05) is 0 Å². The van der Waals surface area contributed by atoms with Crippen LogP contribution >= 0.6 is 15.9 Å². The molecule has 1 aromatic carbocycles. The van der Waals surface area contributed by atoms with Crippen molar-refractivity contribution < 1.29 is 22.6 Å². The van der Waals surface area contributed by atoms with Gasteiger partial charge in [0.15, 0.2) is 11.6 Å². The number of carbonyl (C=O) groups is 2. The van der Waals surface area contributed by atoms with Gasteiger partial charge in [0.25, 0.3) is 10.1 Å². The lowest BCUT2D eigenvalue weighted by atomic mass is 9.79. The van der Waals surface area contributed by atoms with Crippen molar-refractivity contribution >= 4 is 43.3 Å². The average Bonchev–Trinajstić information content (AvgIpc) is 2.45. The minimum atomic E-state index is -4.61. The molecule has 0 saturated heterocycles. The van der Waals surface area contributed by atoms with Crippen LogP contribution in [-0.2, 0) is 10.1 Å². The Kier molecular flexibility index (Phi) is 3.28. The number of fused-ring (bicyclic) bond motifs is 1. The Bertz CT molecular complexity index is 926. The highest BCUT2D eigenvalue weighted by Gasteiger charge is 2.42. The first kappa shape index (κ1) is 15.0. The Hall–Kier alpha value is -1.90. The molecule has 1 aromatic rings. The van der Waals surface area contributed by atoms with Crippen LogP contribution in [0.4, 0.5) is 0 Å². The second-order valence-electron chi connectivity index (χ2n) is 4.82. The second-order valence-corrected chi connectivity index (χ2v) is 7.21. The summed E-state index contributed by atoms with van der Waals surface area (Å²) in [7, 11) is -4.61. The Morgan fingerprint density at radius 3 is 2.05 bits per heavy atom. The highest BCUT2D eigenvalue weighted by Crippen LogP contribution is 2.37. The molecule has 2 aliphatic rings. The van der Waals surface area contributed by atoms with Crippen LogP contribution < -0.4 is 0 Å². The Morgan fingerprint density at radius 2 is 1.55 bits per heavy atom. The number of hydrogen-bond donors (Lipinski definition) is 2. The van der Waals surface area contributed by atoms with Crippen molar-refractivity contribution in [2.45, 2.75) is 5.25 Å². The van der Waals surface area contributed by atoms with Gasteiger partial charge in [0.2, 0.25) is 0 Å². The van der Waals surface area contributed by atoms with E-state index in [9.17, 15) is 22.6 Å². The minimum absolute atomic E-state index is 0.0476. The molecule has 112 valence electrons. The van der Waals surface area contributed by atoms with Crippen LogP contribution in [0.15, 0.2) is 46.0 Å². The number of halogens is 1. The van der Waals surface area contributed by atoms with Crippen molar-refractivity contribution in [2.75, 3.05) is 0 Å². The molecule has 0 spiro atoms. The highest BCUT2D eigenvalue weighted by molar-refractivity contribution is 9.12. The van der Waals surface area contributed by atoms with E-state index in [1.165, 1.54) is 12.1 Å². The minimum Gasteiger partial charge on any atom is -0.303 e. The van der Waals surface area contributed by atoms with Crippen LogP contribution in [0.1, 0.15) is 20.7 Å². The van der Waals surface area contributed by atoms with Crippen molar-refractivity contribution in [3.63, 3.8) is 0 Å². The fourth-order valence-corrected chi connectivity index (χ4v) is 4.08. The lowest BCUT2D eigenvalue weighted by molar-refractivity contribution is 0.0981. The maximum atomic E-state index is 12.5. The molecule has 2 N–H and O–H groups in total. The highest BCUT2D eigenvalue weighted by atomic mass is 79.9. The maximum absolute atomic E-state index is 12.5. The summed E-state index contributed by atoms with van der Waals surface area (Å²) in [5.74, 6) is -1.07. The van der Waals surface area contributed by atoms with Gasteiger partial charge in [-0.3, -0.25) is 14.1 Å². The van der Waals surface area contributed by atoms with E-state index < -0.39 is 32.6 Å². The molecule has 1 unspecified atom stereocenters. The molecule has 22 heavy (non-hydrogen) atoms. The second kappa shape index (κ2) is 4.80. The van der Waals surface area contributed by atoms with E-state index in [0.717, 1.165) is 6.08 Å². The summed E-state index contributed by atoms with van der Waals surface area (Å²) < 4.78 is 32.1. The molecule has 1 atom stereocenters. The summed E-state index contributed by atoms with van der Waals surface area (Å²) in [4.78, 5) is 25.1. The predicted molar refractivity (Wildman–Crippen MR) is 82.2 cm³/mol. The zero-order valence-electron chi connectivity index (χ0n) is 10.8. The van der Waals surface area contributed by atoms with Gasteiger partial charge in [0, 0.05) is 21.2 Å². The number of Topliss-reactive ketones (excluding diaryl/α,β-unsaturated/α-hetero) is 2. The van der Waals surface area contributed by atoms with Crippen LogP contribution in [0.5, 0.6) is 0 Å². The Morgan fingerprint density at radius 1 is 1.05 bits per heavy atom. The quantitative estimate of drug-likeness (QED) is 0.721. The summed E-state index contributed by atoms with van der Waals surface area (Å²) in [5.41, 5.74) is -0.621. The summed E-state index contributed by atoms with van der Waals surface area (Å²) in [6.45, 7) is 0. The molecule has 6 nitrogen and oxygen atoms in total. The van der Waals surface area contributed by atoms with Crippen molar-refractivity contribution in [2.24, 2.45) is 0 Å². The fourth-order valence-electron chi connectivity index (χ4n) is 2.54. The smallest absolute Gasteiger partial charge is 0.277 e. The third-order valence-electron chi connectivity index (χ3n) is 3.53. The molecule has 0 fully saturated rings. The zero-order valence-corrected chi connectivity index (χ0v) is 13.2. The van der Waals surface area contributed by atoms with E-state index in [2.05, 4.69) is 15.9 Å². The first-order valence-electron chi connectivity index (χ1n) is 6.09. The predicted octanol–water partition coefficient (Wildman–Crippen LogP) is 1.93. The lowest BCUT2D eigenvalue weighted by Crippen LogP contribution is -2.38. The number of benzene rings is 1. The van der Waals surface area contributed by atoms with Crippen molar-refractivity contribution in [1.29, 1.82) is 5.41 Å². The van der Waals surface area contributed by atoms with Crippen LogP contribution in [0.2, 0.25) is 0 Å². The summed E-state index contributed by atoms with van der Waals surface area (Å²) >= 11 is 3.07. The summed E-state index contributed by atoms with van der Waals surface area (Å²) in [6.07, 6.45) is 1.04. The topological polar surface area (TPSA) is 112 Å². The molecule has 0 amide bonds. The van der Waals surface area contributed by atoms with Gasteiger partial charge < -0.3 is 5.41 Å².